The quantitative estimate of drug-likeness (QED) is 0.562. The Morgan fingerprint density at radius 2 is 2.18 bits per heavy atom. The van der Waals surface area contributed by atoms with Crippen molar-refractivity contribution in [2.75, 3.05) is 0 Å². The largest absolute Gasteiger partial charge is 0.0998 e. The number of rotatable bonds is 2. The Hall–Kier alpha value is -1.04. The van der Waals surface area contributed by atoms with Gasteiger partial charge in [0.05, 0.1) is 0 Å². The molecule has 11 heavy (non-hydrogen) atoms. The van der Waals surface area contributed by atoms with Gasteiger partial charge in [-0.25, -0.2) is 0 Å². The first kappa shape index (κ1) is 8.06. The van der Waals surface area contributed by atoms with E-state index in [9.17, 15) is 0 Å². The average Bonchev–Trinajstić information content (AvgIpc) is 1.85. The van der Waals surface area contributed by atoms with Crippen molar-refractivity contribution in [1.82, 2.24) is 0 Å². The predicted molar refractivity (Wildman–Crippen MR) is 49.7 cm³/mol. The summed E-state index contributed by atoms with van der Waals surface area (Å²) in [5.74, 6) is 0. The predicted octanol–water partition coefficient (Wildman–Crippen LogP) is 3.11. The number of hydrogen-bond acceptors (Lipinski definition) is 0. The van der Waals surface area contributed by atoms with Crippen LogP contribution in [-0.4, -0.2) is 0 Å². The highest BCUT2D eigenvalue weighted by Gasteiger charge is 1.91. The van der Waals surface area contributed by atoms with E-state index in [0.29, 0.717) is 0 Å². The van der Waals surface area contributed by atoms with Gasteiger partial charge in [-0.15, -0.1) is 0 Å². The fourth-order valence-corrected chi connectivity index (χ4v) is 1.17. The molecule has 1 aromatic carbocycles. The Kier molecular flexibility index (Phi) is 2.48. The van der Waals surface area contributed by atoms with Crippen molar-refractivity contribution in [3.63, 3.8) is 0 Å². The van der Waals surface area contributed by atoms with Crippen LogP contribution in [0.5, 0.6) is 0 Å². The molecule has 0 saturated heterocycles. The SMILES string of the molecule is C=C(C)Cc1cccc(C)c1. The molecule has 1 rings (SSSR count). The number of benzene rings is 1. The second-order valence-electron chi connectivity index (χ2n) is 3.12. The Labute approximate surface area is 68.6 Å². The summed E-state index contributed by atoms with van der Waals surface area (Å²) in [7, 11) is 0. The zero-order valence-electron chi connectivity index (χ0n) is 7.22. The van der Waals surface area contributed by atoms with Crippen molar-refractivity contribution >= 4 is 0 Å². The third-order valence-corrected chi connectivity index (χ3v) is 1.59. The van der Waals surface area contributed by atoms with E-state index in [-0.39, 0.29) is 0 Å². The highest BCUT2D eigenvalue weighted by molar-refractivity contribution is 5.25. The molecular formula is C11H14. The van der Waals surface area contributed by atoms with Crippen LogP contribution in [0.2, 0.25) is 0 Å². The van der Waals surface area contributed by atoms with Gasteiger partial charge in [0, 0.05) is 0 Å². The van der Waals surface area contributed by atoms with E-state index >= 15 is 0 Å². The van der Waals surface area contributed by atoms with Crippen LogP contribution in [0.25, 0.3) is 0 Å². The van der Waals surface area contributed by atoms with Crippen LogP contribution in [0.4, 0.5) is 0 Å². The minimum atomic E-state index is 1.00. The summed E-state index contributed by atoms with van der Waals surface area (Å²) in [6.07, 6.45) is 1.00. The van der Waals surface area contributed by atoms with E-state index in [1.807, 2.05) is 0 Å². The van der Waals surface area contributed by atoms with Crippen LogP contribution in [0, 0.1) is 6.92 Å². The third kappa shape index (κ3) is 2.58. The molecule has 0 atom stereocenters. The Morgan fingerprint density at radius 3 is 2.73 bits per heavy atom. The van der Waals surface area contributed by atoms with Crippen molar-refractivity contribution < 1.29 is 0 Å². The van der Waals surface area contributed by atoms with Crippen LogP contribution in [0.3, 0.4) is 0 Å². The summed E-state index contributed by atoms with van der Waals surface area (Å²) < 4.78 is 0. The molecule has 0 unspecified atom stereocenters. The molecule has 0 spiro atoms. The standard InChI is InChI=1S/C11H14/c1-9(2)7-11-6-4-5-10(3)8-11/h4-6,8H,1,7H2,2-3H3. The van der Waals surface area contributed by atoms with Crippen LogP contribution in [-0.2, 0) is 6.42 Å². The van der Waals surface area contributed by atoms with Gasteiger partial charge in [-0.1, -0.05) is 42.0 Å². The summed E-state index contributed by atoms with van der Waals surface area (Å²) >= 11 is 0. The van der Waals surface area contributed by atoms with Gasteiger partial charge in [0.15, 0.2) is 0 Å². The third-order valence-electron chi connectivity index (χ3n) is 1.59. The summed E-state index contributed by atoms with van der Waals surface area (Å²) in [4.78, 5) is 0. The summed E-state index contributed by atoms with van der Waals surface area (Å²) in [5, 5.41) is 0. The number of allylic oxidation sites excluding steroid dienone is 1. The lowest BCUT2D eigenvalue weighted by molar-refractivity contribution is 1.15. The molecule has 1 aromatic rings. The molecule has 0 radical (unpaired) electrons. The van der Waals surface area contributed by atoms with Crippen molar-refractivity contribution in [1.29, 1.82) is 0 Å². The van der Waals surface area contributed by atoms with E-state index in [4.69, 9.17) is 0 Å². The molecule has 0 fully saturated rings. The van der Waals surface area contributed by atoms with Crippen molar-refractivity contribution in [3.05, 3.63) is 47.5 Å². The maximum absolute atomic E-state index is 3.88. The fourth-order valence-electron chi connectivity index (χ4n) is 1.17. The van der Waals surface area contributed by atoms with E-state index in [1.165, 1.54) is 16.7 Å². The highest BCUT2D eigenvalue weighted by Crippen LogP contribution is 2.07. The molecule has 0 aliphatic heterocycles. The van der Waals surface area contributed by atoms with Gasteiger partial charge in [-0.2, -0.15) is 0 Å². The maximum Gasteiger partial charge on any atom is -0.00725 e. The zero-order chi connectivity index (χ0) is 8.27. The monoisotopic (exact) mass is 146 g/mol. The second-order valence-corrected chi connectivity index (χ2v) is 3.12. The first-order valence-electron chi connectivity index (χ1n) is 3.88. The lowest BCUT2D eigenvalue weighted by Gasteiger charge is -2.00. The van der Waals surface area contributed by atoms with Gasteiger partial charge in [-0.3, -0.25) is 0 Å². The summed E-state index contributed by atoms with van der Waals surface area (Å²) in [6.45, 7) is 8.05. The summed E-state index contributed by atoms with van der Waals surface area (Å²) in [6, 6.07) is 8.55. The Balaban J connectivity index is 2.79. The molecule has 0 heterocycles. The van der Waals surface area contributed by atoms with E-state index < -0.39 is 0 Å². The molecular weight excluding hydrogens is 132 g/mol. The lowest BCUT2D eigenvalue weighted by Crippen LogP contribution is -1.85. The molecule has 0 aliphatic carbocycles. The molecule has 0 amide bonds. The normalized spacial score (nSPS) is 9.64. The zero-order valence-corrected chi connectivity index (χ0v) is 7.22. The molecule has 58 valence electrons. The molecule has 0 heteroatoms. The van der Waals surface area contributed by atoms with E-state index in [0.717, 1.165) is 6.42 Å². The number of hydrogen-bond donors (Lipinski definition) is 0. The summed E-state index contributed by atoms with van der Waals surface area (Å²) in [5.41, 5.74) is 3.90. The van der Waals surface area contributed by atoms with Gasteiger partial charge < -0.3 is 0 Å². The molecule has 0 nitrogen and oxygen atoms in total. The van der Waals surface area contributed by atoms with Crippen molar-refractivity contribution in [2.45, 2.75) is 20.3 Å². The smallest absolute Gasteiger partial charge is 0.00725 e. The molecule has 0 saturated carbocycles. The Morgan fingerprint density at radius 1 is 1.45 bits per heavy atom. The van der Waals surface area contributed by atoms with Crippen LogP contribution >= 0.6 is 0 Å². The molecule has 0 aromatic heterocycles. The minimum absolute atomic E-state index is 1.00. The molecule has 0 N–H and O–H groups in total. The van der Waals surface area contributed by atoms with Gasteiger partial charge in [0.1, 0.15) is 0 Å². The Bertz CT molecular complexity index is 258. The highest BCUT2D eigenvalue weighted by atomic mass is 14.0. The molecule has 0 bridgehead atoms. The van der Waals surface area contributed by atoms with Crippen molar-refractivity contribution in [2.24, 2.45) is 0 Å². The molecule has 0 aliphatic rings. The van der Waals surface area contributed by atoms with Gasteiger partial charge in [0.2, 0.25) is 0 Å². The number of aryl methyl sites for hydroxylation is 1. The first-order valence-corrected chi connectivity index (χ1v) is 3.88. The maximum atomic E-state index is 3.88. The van der Waals surface area contributed by atoms with Crippen LogP contribution < -0.4 is 0 Å². The average molecular weight is 146 g/mol. The van der Waals surface area contributed by atoms with Crippen LogP contribution in [0.15, 0.2) is 36.4 Å². The topological polar surface area (TPSA) is 0 Å². The van der Waals surface area contributed by atoms with E-state index in [2.05, 4.69) is 44.7 Å². The first-order chi connectivity index (χ1) is 5.18. The van der Waals surface area contributed by atoms with E-state index in [1.54, 1.807) is 0 Å². The van der Waals surface area contributed by atoms with Crippen molar-refractivity contribution in [3.8, 4) is 0 Å². The van der Waals surface area contributed by atoms with Crippen LogP contribution in [0.1, 0.15) is 18.1 Å². The lowest BCUT2D eigenvalue weighted by atomic mass is 10.1. The van der Waals surface area contributed by atoms with Gasteiger partial charge >= 0.3 is 0 Å². The van der Waals surface area contributed by atoms with Gasteiger partial charge in [0.25, 0.3) is 0 Å². The van der Waals surface area contributed by atoms with Gasteiger partial charge in [-0.05, 0) is 25.8 Å². The second kappa shape index (κ2) is 3.38. The minimum Gasteiger partial charge on any atom is -0.0998 e. The fraction of sp³-hybridized carbons (Fsp3) is 0.273.